The molecular formula is C23H31N5. The largest absolute Gasteiger partial charge is 0.341 e. The van der Waals surface area contributed by atoms with Crippen LogP contribution in [0.1, 0.15) is 44.9 Å². The number of imidazole rings is 2. The summed E-state index contributed by atoms with van der Waals surface area (Å²) in [6.45, 7) is 4.41. The van der Waals surface area contributed by atoms with Crippen molar-refractivity contribution in [3.05, 3.63) is 48.7 Å². The minimum Gasteiger partial charge on any atom is -0.341 e. The summed E-state index contributed by atoms with van der Waals surface area (Å²) >= 11 is 0. The van der Waals surface area contributed by atoms with Crippen molar-refractivity contribution in [1.29, 1.82) is 0 Å². The lowest BCUT2D eigenvalue weighted by atomic mass is 10.1. The number of aromatic nitrogens is 4. The van der Waals surface area contributed by atoms with Crippen molar-refractivity contribution in [3.8, 4) is 22.6 Å². The lowest BCUT2D eigenvalue weighted by Crippen LogP contribution is -2.26. The molecule has 3 heterocycles. The summed E-state index contributed by atoms with van der Waals surface area (Å²) in [7, 11) is 2.25. The van der Waals surface area contributed by atoms with E-state index in [4.69, 9.17) is 4.98 Å². The third-order valence-electron chi connectivity index (χ3n) is 5.91. The van der Waals surface area contributed by atoms with Gasteiger partial charge in [0.25, 0.3) is 0 Å². The smallest absolute Gasteiger partial charge is 0.106 e. The molecule has 2 aromatic heterocycles. The molecule has 0 spiro atoms. The van der Waals surface area contributed by atoms with Gasteiger partial charge < -0.3 is 14.5 Å². The molecule has 0 aliphatic carbocycles. The van der Waals surface area contributed by atoms with Gasteiger partial charge in [-0.2, -0.15) is 0 Å². The van der Waals surface area contributed by atoms with Crippen LogP contribution in [0.15, 0.2) is 42.9 Å². The van der Waals surface area contributed by atoms with Crippen LogP contribution in [0, 0.1) is 0 Å². The normalized spacial score (nSPS) is 17.4. The van der Waals surface area contributed by atoms with E-state index in [0.29, 0.717) is 6.04 Å². The van der Waals surface area contributed by atoms with Crippen molar-refractivity contribution in [1.82, 2.24) is 24.4 Å². The molecule has 5 nitrogen and oxygen atoms in total. The first-order valence-electron chi connectivity index (χ1n) is 10.6. The molecule has 0 amide bonds. The summed E-state index contributed by atoms with van der Waals surface area (Å²) in [4.78, 5) is 15.5. The summed E-state index contributed by atoms with van der Waals surface area (Å²) < 4.78 is 2.31. The molecule has 148 valence electrons. The van der Waals surface area contributed by atoms with Crippen LogP contribution in [0.2, 0.25) is 0 Å². The van der Waals surface area contributed by atoms with E-state index < -0.39 is 0 Å². The van der Waals surface area contributed by atoms with Crippen LogP contribution in [-0.4, -0.2) is 44.1 Å². The highest BCUT2D eigenvalue weighted by Crippen LogP contribution is 2.31. The van der Waals surface area contributed by atoms with Gasteiger partial charge in [0.15, 0.2) is 0 Å². The van der Waals surface area contributed by atoms with Gasteiger partial charge in [-0.15, -0.1) is 0 Å². The zero-order valence-electron chi connectivity index (χ0n) is 17.1. The molecule has 3 aromatic rings. The number of likely N-dealkylation sites (tertiary alicyclic amines) is 1. The molecule has 4 rings (SSSR count). The van der Waals surface area contributed by atoms with Crippen LogP contribution in [0.4, 0.5) is 0 Å². The van der Waals surface area contributed by atoms with E-state index in [9.17, 15) is 0 Å². The predicted octanol–water partition coefficient (Wildman–Crippen LogP) is 4.77. The van der Waals surface area contributed by atoms with Crippen LogP contribution >= 0.6 is 0 Å². The van der Waals surface area contributed by atoms with Gasteiger partial charge >= 0.3 is 0 Å². The van der Waals surface area contributed by atoms with Gasteiger partial charge in [0, 0.05) is 24.6 Å². The quantitative estimate of drug-likeness (QED) is 0.615. The molecule has 0 saturated carbocycles. The van der Waals surface area contributed by atoms with Crippen molar-refractivity contribution in [2.75, 3.05) is 13.6 Å². The number of aromatic amines is 1. The van der Waals surface area contributed by atoms with E-state index in [1.54, 1.807) is 0 Å². The Kier molecular flexibility index (Phi) is 5.91. The van der Waals surface area contributed by atoms with Crippen LogP contribution in [0.3, 0.4) is 0 Å². The van der Waals surface area contributed by atoms with Crippen LogP contribution in [0.5, 0.6) is 0 Å². The van der Waals surface area contributed by atoms with E-state index in [-0.39, 0.29) is 0 Å². The van der Waals surface area contributed by atoms with E-state index in [1.807, 2.05) is 12.5 Å². The second-order valence-electron chi connectivity index (χ2n) is 7.91. The van der Waals surface area contributed by atoms with Gasteiger partial charge in [0.2, 0.25) is 0 Å². The first kappa shape index (κ1) is 18.9. The average Bonchev–Trinajstić information content (AvgIpc) is 3.45. The maximum atomic E-state index is 4.80. The summed E-state index contributed by atoms with van der Waals surface area (Å²) in [5, 5.41) is 0. The molecule has 1 saturated heterocycles. The Hall–Kier alpha value is -2.40. The molecule has 28 heavy (non-hydrogen) atoms. The van der Waals surface area contributed by atoms with E-state index in [1.165, 1.54) is 25.8 Å². The van der Waals surface area contributed by atoms with Gasteiger partial charge in [-0.1, -0.05) is 43.7 Å². The van der Waals surface area contributed by atoms with Gasteiger partial charge in [0.1, 0.15) is 5.82 Å². The van der Waals surface area contributed by atoms with E-state index in [0.717, 1.165) is 54.3 Å². The summed E-state index contributed by atoms with van der Waals surface area (Å²) in [6.07, 6.45) is 11.1. The molecule has 1 aliphatic heterocycles. The topological polar surface area (TPSA) is 49.7 Å². The fourth-order valence-electron chi connectivity index (χ4n) is 4.23. The maximum absolute atomic E-state index is 4.80. The molecule has 1 N–H and O–H groups in total. The molecular weight excluding hydrogens is 346 g/mol. The van der Waals surface area contributed by atoms with Crippen molar-refractivity contribution >= 4 is 0 Å². The van der Waals surface area contributed by atoms with E-state index >= 15 is 0 Å². The number of hydrogen-bond acceptors (Lipinski definition) is 3. The van der Waals surface area contributed by atoms with Crippen LogP contribution in [0.25, 0.3) is 22.6 Å². The van der Waals surface area contributed by atoms with Crippen molar-refractivity contribution in [2.45, 2.75) is 58.0 Å². The van der Waals surface area contributed by atoms with Gasteiger partial charge in [0.05, 0.1) is 29.6 Å². The van der Waals surface area contributed by atoms with Crippen molar-refractivity contribution < 1.29 is 0 Å². The fraction of sp³-hybridized carbons (Fsp3) is 0.478. The van der Waals surface area contributed by atoms with Gasteiger partial charge in [-0.25, -0.2) is 9.97 Å². The standard InChI is InChI=1S/C23H31N5/c1-3-4-12-21-24-16-20(26-21)23-22(18-9-6-5-7-10-18)25-17-28(23)15-13-19-11-8-14-27(19)2/h5-7,9-10,16-17,19H,3-4,8,11-15H2,1-2H3,(H,24,26)/t19-/m0/s1. The minimum atomic E-state index is 0.678. The second kappa shape index (κ2) is 8.74. The Labute approximate surface area is 167 Å². The molecule has 0 radical (unpaired) electrons. The molecule has 5 heteroatoms. The number of unbranched alkanes of at least 4 members (excludes halogenated alkanes) is 1. The third kappa shape index (κ3) is 4.04. The minimum absolute atomic E-state index is 0.678. The number of nitrogens with zero attached hydrogens (tertiary/aromatic N) is 4. The zero-order valence-corrected chi connectivity index (χ0v) is 17.1. The number of hydrogen-bond donors (Lipinski definition) is 1. The predicted molar refractivity (Wildman–Crippen MR) is 114 cm³/mol. The molecule has 1 aliphatic rings. The summed E-state index contributed by atoms with van der Waals surface area (Å²) in [6, 6.07) is 11.1. The lowest BCUT2D eigenvalue weighted by molar-refractivity contribution is 0.286. The Balaban J connectivity index is 1.64. The molecule has 0 bridgehead atoms. The Morgan fingerprint density at radius 2 is 2.04 bits per heavy atom. The Bertz CT molecular complexity index is 880. The van der Waals surface area contributed by atoms with Crippen LogP contribution in [-0.2, 0) is 13.0 Å². The van der Waals surface area contributed by atoms with Crippen molar-refractivity contribution in [2.24, 2.45) is 0 Å². The Morgan fingerprint density at radius 3 is 2.79 bits per heavy atom. The first-order chi connectivity index (χ1) is 13.8. The van der Waals surface area contributed by atoms with Crippen molar-refractivity contribution in [3.63, 3.8) is 0 Å². The zero-order chi connectivity index (χ0) is 19.3. The fourth-order valence-corrected chi connectivity index (χ4v) is 4.23. The lowest BCUT2D eigenvalue weighted by Gasteiger charge is -2.20. The van der Waals surface area contributed by atoms with Gasteiger partial charge in [-0.3, -0.25) is 0 Å². The summed E-state index contributed by atoms with van der Waals surface area (Å²) in [5.74, 6) is 1.07. The Morgan fingerprint density at radius 1 is 1.18 bits per heavy atom. The number of aryl methyl sites for hydroxylation is 2. The second-order valence-corrected chi connectivity index (χ2v) is 7.91. The molecule has 1 fully saturated rings. The highest BCUT2D eigenvalue weighted by molar-refractivity contribution is 5.76. The van der Waals surface area contributed by atoms with Gasteiger partial charge in [-0.05, 0) is 39.3 Å². The average molecular weight is 378 g/mol. The molecule has 1 atom stereocenters. The monoisotopic (exact) mass is 377 g/mol. The number of nitrogens with one attached hydrogen (secondary N) is 1. The SMILES string of the molecule is CCCCc1ncc(-c2c(-c3ccccc3)ncn2CC[C@@H]2CCCN2C)[nH]1. The highest BCUT2D eigenvalue weighted by atomic mass is 15.2. The number of benzene rings is 1. The highest BCUT2D eigenvalue weighted by Gasteiger charge is 2.22. The first-order valence-corrected chi connectivity index (χ1v) is 10.6. The van der Waals surface area contributed by atoms with E-state index in [2.05, 4.69) is 63.7 Å². The molecule has 1 aromatic carbocycles. The van der Waals surface area contributed by atoms with Crippen LogP contribution < -0.4 is 0 Å². The molecule has 0 unspecified atom stereocenters. The number of H-pyrrole nitrogens is 1. The summed E-state index contributed by atoms with van der Waals surface area (Å²) in [5.41, 5.74) is 4.41. The number of rotatable bonds is 8. The third-order valence-corrected chi connectivity index (χ3v) is 5.91. The maximum Gasteiger partial charge on any atom is 0.106 e.